The number of rotatable bonds is 4. The second-order valence-corrected chi connectivity index (χ2v) is 3.11. The molecule has 0 radical (unpaired) electrons. The van der Waals surface area contributed by atoms with Crippen LogP contribution in [-0.2, 0) is 14.3 Å². The first-order valence-electron chi connectivity index (χ1n) is 4.53. The Kier molecular flexibility index (Phi) is 3.85. The Labute approximate surface area is 87.5 Å². The third-order valence-electron chi connectivity index (χ3n) is 1.84. The molecular weight excluding hydrogens is 196 g/mol. The van der Waals surface area contributed by atoms with Crippen molar-refractivity contribution >= 4 is 11.9 Å². The first-order valence-corrected chi connectivity index (χ1v) is 4.53. The number of aliphatic carboxylic acids is 1. The van der Waals surface area contributed by atoms with E-state index in [1.165, 1.54) is 6.92 Å². The predicted molar refractivity (Wildman–Crippen MR) is 53.2 cm³/mol. The number of carbonyl (C=O) groups excluding carboxylic acids is 1. The minimum Gasteiger partial charge on any atom is -0.481 e. The maximum Gasteiger partial charge on any atom is 0.307 e. The van der Waals surface area contributed by atoms with E-state index < -0.39 is 18.0 Å². The zero-order valence-corrected chi connectivity index (χ0v) is 8.34. The van der Waals surface area contributed by atoms with Crippen LogP contribution >= 0.6 is 0 Å². The highest BCUT2D eigenvalue weighted by Gasteiger charge is 2.17. The molecule has 1 rings (SSSR count). The fraction of sp³-hybridized carbons (Fsp3) is 0.273. The fourth-order valence-electron chi connectivity index (χ4n) is 1.25. The van der Waals surface area contributed by atoms with Gasteiger partial charge >= 0.3 is 11.9 Å². The Balaban J connectivity index is 2.81. The molecule has 0 aliphatic rings. The van der Waals surface area contributed by atoms with Gasteiger partial charge in [-0.1, -0.05) is 30.3 Å². The van der Waals surface area contributed by atoms with Gasteiger partial charge in [0.05, 0.1) is 6.42 Å². The Bertz CT molecular complexity index is 329. The van der Waals surface area contributed by atoms with Crippen molar-refractivity contribution in [3.8, 4) is 0 Å². The molecule has 0 bridgehead atoms. The van der Waals surface area contributed by atoms with Crippen LogP contribution in [-0.4, -0.2) is 17.0 Å². The lowest BCUT2D eigenvalue weighted by molar-refractivity contribution is -0.151. The molecule has 1 aromatic rings. The van der Waals surface area contributed by atoms with E-state index in [1.807, 2.05) is 6.07 Å². The highest BCUT2D eigenvalue weighted by Crippen LogP contribution is 2.20. The Hall–Kier alpha value is -1.84. The minimum absolute atomic E-state index is 0.219. The average Bonchev–Trinajstić information content (AvgIpc) is 2.17. The van der Waals surface area contributed by atoms with Gasteiger partial charge in [-0.2, -0.15) is 0 Å². The van der Waals surface area contributed by atoms with E-state index in [0.717, 1.165) is 0 Å². The summed E-state index contributed by atoms with van der Waals surface area (Å²) in [6.07, 6.45) is -0.926. The summed E-state index contributed by atoms with van der Waals surface area (Å²) in [6, 6.07) is 8.82. The van der Waals surface area contributed by atoms with Crippen molar-refractivity contribution < 1.29 is 19.4 Å². The Morgan fingerprint density at radius 1 is 1.33 bits per heavy atom. The van der Waals surface area contributed by atoms with Gasteiger partial charge in [-0.15, -0.1) is 0 Å². The largest absolute Gasteiger partial charge is 0.481 e. The van der Waals surface area contributed by atoms with Gasteiger partial charge in [0.1, 0.15) is 6.10 Å². The number of carboxylic acid groups (broad SMARTS) is 1. The summed E-state index contributed by atoms with van der Waals surface area (Å²) >= 11 is 0. The molecule has 0 aliphatic heterocycles. The third-order valence-corrected chi connectivity index (χ3v) is 1.84. The van der Waals surface area contributed by atoms with Crippen molar-refractivity contribution in [3.63, 3.8) is 0 Å². The molecule has 0 aliphatic carbocycles. The van der Waals surface area contributed by atoms with Crippen molar-refractivity contribution in [1.29, 1.82) is 0 Å². The van der Waals surface area contributed by atoms with Crippen LogP contribution in [0, 0.1) is 0 Å². The normalized spacial score (nSPS) is 11.8. The van der Waals surface area contributed by atoms with Gasteiger partial charge in [-0.3, -0.25) is 9.59 Å². The number of benzene rings is 1. The molecule has 0 heterocycles. The Morgan fingerprint density at radius 3 is 2.40 bits per heavy atom. The molecule has 4 nitrogen and oxygen atoms in total. The highest BCUT2D eigenvalue weighted by molar-refractivity contribution is 5.70. The van der Waals surface area contributed by atoms with Gasteiger partial charge in [-0.25, -0.2) is 0 Å². The SMILES string of the molecule is CC(=O)O[C@H](CC(=O)O)c1ccccc1. The van der Waals surface area contributed by atoms with E-state index in [4.69, 9.17) is 9.84 Å². The van der Waals surface area contributed by atoms with E-state index in [9.17, 15) is 9.59 Å². The summed E-state index contributed by atoms with van der Waals surface area (Å²) < 4.78 is 4.93. The summed E-state index contributed by atoms with van der Waals surface area (Å²) in [5, 5.41) is 8.67. The van der Waals surface area contributed by atoms with E-state index in [0.29, 0.717) is 5.56 Å². The molecule has 1 N–H and O–H groups in total. The van der Waals surface area contributed by atoms with Crippen LogP contribution in [0.15, 0.2) is 30.3 Å². The number of carbonyl (C=O) groups is 2. The number of hydrogen-bond donors (Lipinski definition) is 1. The molecule has 1 aromatic carbocycles. The lowest BCUT2D eigenvalue weighted by atomic mass is 10.1. The maximum absolute atomic E-state index is 10.8. The van der Waals surface area contributed by atoms with Gasteiger partial charge in [0.25, 0.3) is 0 Å². The third kappa shape index (κ3) is 3.81. The second-order valence-electron chi connectivity index (χ2n) is 3.11. The molecular formula is C11H12O4. The molecule has 0 fully saturated rings. The van der Waals surface area contributed by atoms with Crippen LogP contribution in [0.25, 0.3) is 0 Å². The van der Waals surface area contributed by atoms with Crippen molar-refractivity contribution in [2.45, 2.75) is 19.4 Å². The fourth-order valence-corrected chi connectivity index (χ4v) is 1.25. The van der Waals surface area contributed by atoms with Crippen LogP contribution in [0.1, 0.15) is 25.0 Å². The monoisotopic (exact) mass is 208 g/mol. The van der Waals surface area contributed by atoms with E-state index >= 15 is 0 Å². The molecule has 80 valence electrons. The summed E-state index contributed by atoms with van der Waals surface area (Å²) in [7, 11) is 0. The quantitative estimate of drug-likeness (QED) is 0.766. The lowest BCUT2D eigenvalue weighted by Crippen LogP contribution is -2.12. The average molecular weight is 208 g/mol. The van der Waals surface area contributed by atoms with Crippen molar-refractivity contribution in [1.82, 2.24) is 0 Å². The summed E-state index contributed by atoms with van der Waals surface area (Å²) in [5.74, 6) is -1.48. The number of ether oxygens (including phenoxy) is 1. The van der Waals surface area contributed by atoms with Crippen LogP contribution in [0.4, 0.5) is 0 Å². The lowest BCUT2D eigenvalue weighted by Gasteiger charge is -2.14. The van der Waals surface area contributed by atoms with E-state index in [1.54, 1.807) is 24.3 Å². The van der Waals surface area contributed by atoms with Crippen LogP contribution in [0.2, 0.25) is 0 Å². The minimum atomic E-state index is -0.995. The highest BCUT2D eigenvalue weighted by atomic mass is 16.5. The molecule has 1 atom stereocenters. The van der Waals surface area contributed by atoms with Gasteiger partial charge in [0, 0.05) is 6.92 Å². The predicted octanol–water partition coefficient (Wildman–Crippen LogP) is 1.77. The first-order chi connectivity index (χ1) is 7.09. The molecule has 15 heavy (non-hydrogen) atoms. The van der Waals surface area contributed by atoms with Crippen molar-refractivity contribution in [3.05, 3.63) is 35.9 Å². The van der Waals surface area contributed by atoms with Gasteiger partial charge in [0.15, 0.2) is 0 Å². The zero-order chi connectivity index (χ0) is 11.3. The molecule has 0 spiro atoms. The molecule has 0 aromatic heterocycles. The second kappa shape index (κ2) is 5.14. The summed E-state index contributed by atoms with van der Waals surface area (Å²) in [4.78, 5) is 21.4. The van der Waals surface area contributed by atoms with Crippen LogP contribution in [0.3, 0.4) is 0 Å². The smallest absolute Gasteiger partial charge is 0.307 e. The molecule has 0 saturated carbocycles. The standard InChI is InChI=1S/C11H12O4/c1-8(12)15-10(7-11(13)14)9-5-3-2-4-6-9/h2-6,10H,7H2,1H3,(H,13,14)/t10-/m1/s1. The van der Waals surface area contributed by atoms with Crippen LogP contribution in [0.5, 0.6) is 0 Å². The van der Waals surface area contributed by atoms with Crippen LogP contribution < -0.4 is 0 Å². The number of hydrogen-bond acceptors (Lipinski definition) is 3. The van der Waals surface area contributed by atoms with E-state index in [-0.39, 0.29) is 6.42 Å². The molecule has 4 heteroatoms. The first kappa shape index (κ1) is 11.2. The van der Waals surface area contributed by atoms with Gasteiger partial charge < -0.3 is 9.84 Å². The molecule has 0 unspecified atom stereocenters. The Morgan fingerprint density at radius 2 is 1.93 bits per heavy atom. The summed E-state index contributed by atoms with van der Waals surface area (Å²) in [6.45, 7) is 1.26. The number of esters is 1. The maximum atomic E-state index is 10.8. The summed E-state index contributed by atoms with van der Waals surface area (Å²) in [5.41, 5.74) is 0.690. The van der Waals surface area contributed by atoms with Gasteiger partial charge in [-0.05, 0) is 5.56 Å². The van der Waals surface area contributed by atoms with Gasteiger partial charge in [0.2, 0.25) is 0 Å². The van der Waals surface area contributed by atoms with Crippen molar-refractivity contribution in [2.24, 2.45) is 0 Å². The molecule has 0 saturated heterocycles. The zero-order valence-electron chi connectivity index (χ0n) is 8.34. The topological polar surface area (TPSA) is 63.6 Å². The number of carboxylic acids is 1. The van der Waals surface area contributed by atoms with Crippen molar-refractivity contribution in [2.75, 3.05) is 0 Å². The molecule has 0 amide bonds. The van der Waals surface area contributed by atoms with E-state index in [2.05, 4.69) is 0 Å².